The third-order valence-electron chi connectivity index (χ3n) is 3.70. The zero-order chi connectivity index (χ0) is 14.7. The third-order valence-corrected chi connectivity index (χ3v) is 3.70. The van der Waals surface area contributed by atoms with E-state index in [1.807, 2.05) is 30.3 Å². The summed E-state index contributed by atoms with van der Waals surface area (Å²) in [5.41, 5.74) is 6.63. The topological polar surface area (TPSA) is 63.3 Å². The smallest absolute Gasteiger partial charge is 0.194 e. The van der Waals surface area contributed by atoms with E-state index in [1.165, 1.54) is 6.07 Å². The van der Waals surface area contributed by atoms with Gasteiger partial charge in [-0.25, -0.2) is 14.4 Å². The van der Waals surface area contributed by atoms with Crippen LogP contribution < -0.4 is 11.1 Å². The van der Waals surface area contributed by atoms with Gasteiger partial charge in [0.15, 0.2) is 5.96 Å². The molecule has 1 heterocycles. The van der Waals surface area contributed by atoms with E-state index in [4.69, 9.17) is 5.73 Å². The summed E-state index contributed by atoms with van der Waals surface area (Å²) in [4.78, 5) is 8.53. The second-order valence-corrected chi connectivity index (χ2v) is 5.20. The van der Waals surface area contributed by atoms with Gasteiger partial charge in [0.2, 0.25) is 0 Å². The van der Waals surface area contributed by atoms with Crippen LogP contribution in [0.5, 0.6) is 0 Å². The van der Waals surface area contributed by atoms with E-state index in [-0.39, 0.29) is 41.8 Å². The molecule has 1 aromatic carbocycles. The summed E-state index contributed by atoms with van der Waals surface area (Å²) in [6.07, 6.45) is 3.34. The molecule has 0 amide bonds. The van der Waals surface area contributed by atoms with Crippen molar-refractivity contribution in [2.24, 2.45) is 10.7 Å². The summed E-state index contributed by atoms with van der Waals surface area (Å²) in [5.74, 6) is 1.13. The first-order valence-electron chi connectivity index (χ1n) is 6.98. The van der Waals surface area contributed by atoms with Gasteiger partial charge in [-0.15, -0.1) is 24.0 Å². The second-order valence-electron chi connectivity index (χ2n) is 5.20. The highest BCUT2D eigenvalue weighted by atomic mass is 127. The fraction of sp³-hybridized carbons (Fsp3) is 0.250. The quantitative estimate of drug-likeness (QED) is 0.461. The summed E-state index contributed by atoms with van der Waals surface area (Å²) in [5, 5.41) is 2.95. The van der Waals surface area contributed by atoms with Crippen LogP contribution in [0.15, 0.2) is 53.7 Å². The summed E-state index contributed by atoms with van der Waals surface area (Å²) in [7, 11) is 0. The summed E-state index contributed by atoms with van der Waals surface area (Å²) in [6.45, 7) is 0. The lowest BCUT2D eigenvalue weighted by atomic mass is 9.76. The molecule has 0 radical (unpaired) electrons. The van der Waals surface area contributed by atoms with E-state index in [9.17, 15) is 4.39 Å². The number of hydrogen-bond acceptors (Lipinski definition) is 2. The normalized spacial score (nSPS) is 20.7. The number of anilines is 1. The predicted molar refractivity (Wildman–Crippen MR) is 97.1 cm³/mol. The Morgan fingerprint density at radius 2 is 1.91 bits per heavy atom. The fourth-order valence-corrected chi connectivity index (χ4v) is 2.55. The number of nitrogens with zero attached hydrogens (tertiary/aromatic N) is 2. The fourth-order valence-electron chi connectivity index (χ4n) is 2.55. The molecule has 1 saturated carbocycles. The van der Waals surface area contributed by atoms with Crippen LogP contribution in [0.4, 0.5) is 10.2 Å². The number of aromatic nitrogens is 1. The molecule has 1 fully saturated rings. The number of rotatable bonds is 3. The van der Waals surface area contributed by atoms with Crippen molar-refractivity contribution in [1.82, 2.24) is 4.98 Å². The van der Waals surface area contributed by atoms with Gasteiger partial charge in [0.25, 0.3) is 0 Å². The average Bonchev–Trinajstić information content (AvgIpc) is 2.45. The van der Waals surface area contributed by atoms with Crippen molar-refractivity contribution in [2.45, 2.75) is 24.8 Å². The van der Waals surface area contributed by atoms with E-state index in [0.717, 1.165) is 18.4 Å². The summed E-state index contributed by atoms with van der Waals surface area (Å²) >= 11 is 0. The minimum absolute atomic E-state index is 0. The molecule has 4 nitrogen and oxygen atoms in total. The van der Waals surface area contributed by atoms with Crippen LogP contribution >= 0.6 is 24.0 Å². The zero-order valence-electron chi connectivity index (χ0n) is 11.9. The van der Waals surface area contributed by atoms with E-state index in [2.05, 4.69) is 15.3 Å². The lowest BCUT2D eigenvalue weighted by molar-refractivity contribution is 0.344. The number of aliphatic imine (C=N–C) groups is 1. The molecule has 0 bridgehead atoms. The van der Waals surface area contributed by atoms with Crippen LogP contribution in [0.25, 0.3) is 0 Å². The van der Waals surface area contributed by atoms with Crippen LogP contribution in [0.1, 0.15) is 24.3 Å². The zero-order valence-corrected chi connectivity index (χ0v) is 14.3. The number of guanidine groups is 1. The van der Waals surface area contributed by atoms with Gasteiger partial charge >= 0.3 is 0 Å². The molecule has 2 aromatic rings. The maximum atomic E-state index is 13.7. The van der Waals surface area contributed by atoms with Crippen molar-refractivity contribution in [1.29, 1.82) is 0 Å². The van der Waals surface area contributed by atoms with Gasteiger partial charge in [0.05, 0.1) is 6.04 Å². The lowest BCUT2D eigenvalue weighted by Crippen LogP contribution is -2.31. The van der Waals surface area contributed by atoms with Crippen molar-refractivity contribution in [2.75, 3.05) is 5.32 Å². The number of benzene rings is 1. The molecule has 3 rings (SSSR count). The van der Waals surface area contributed by atoms with Crippen LogP contribution in [0, 0.1) is 5.82 Å². The Hall–Kier alpha value is -1.70. The van der Waals surface area contributed by atoms with Gasteiger partial charge in [0, 0.05) is 6.20 Å². The van der Waals surface area contributed by atoms with E-state index >= 15 is 0 Å². The van der Waals surface area contributed by atoms with Gasteiger partial charge in [-0.2, -0.15) is 0 Å². The molecule has 0 atom stereocenters. The first-order chi connectivity index (χ1) is 10.2. The highest BCUT2D eigenvalue weighted by Gasteiger charge is 2.31. The third kappa shape index (κ3) is 3.94. The molecule has 1 aliphatic rings. The summed E-state index contributed by atoms with van der Waals surface area (Å²) in [6, 6.07) is 12.6. The van der Waals surface area contributed by atoms with E-state index in [0.29, 0.717) is 11.8 Å². The predicted octanol–water partition coefficient (Wildman–Crippen LogP) is 3.51. The molecule has 116 valence electrons. The Morgan fingerprint density at radius 1 is 1.18 bits per heavy atom. The van der Waals surface area contributed by atoms with Crippen LogP contribution in [-0.4, -0.2) is 17.0 Å². The Labute approximate surface area is 146 Å². The van der Waals surface area contributed by atoms with Gasteiger partial charge in [0.1, 0.15) is 11.6 Å². The monoisotopic (exact) mass is 412 g/mol. The van der Waals surface area contributed by atoms with E-state index < -0.39 is 0 Å². The van der Waals surface area contributed by atoms with Crippen molar-refractivity contribution in [3.8, 4) is 0 Å². The number of pyridine rings is 1. The van der Waals surface area contributed by atoms with Crippen LogP contribution in [0.2, 0.25) is 0 Å². The molecule has 0 saturated heterocycles. The number of nitrogens with two attached hydrogens (primary N) is 1. The van der Waals surface area contributed by atoms with Crippen molar-refractivity contribution in [3.63, 3.8) is 0 Å². The Kier molecular flexibility index (Phi) is 5.70. The highest BCUT2D eigenvalue weighted by Crippen LogP contribution is 2.39. The molecule has 0 aliphatic heterocycles. The minimum atomic E-state index is -0.135. The SMILES string of the molecule is I.NC(=NC1CC(c2ccccc2F)C1)Nc1ccccn1. The number of halogens is 2. The maximum Gasteiger partial charge on any atom is 0.194 e. The van der Waals surface area contributed by atoms with Crippen molar-refractivity contribution in [3.05, 3.63) is 60.0 Å². The molecule has 22 heavy (non-hydrogen) atoms. The van der Waals surface area contributed by atoms with Crippen molar-refractivity contribution >= 4 is 35.8 Å². The van der Waals surface area contributed by atoms with Crippen LogP contribution in [0.3, 0.4) is 0 Å². The van der Waals surface area contributed by atoms with Crippen molar-refractivity contribution < 1.29 is 4.39 Å². The molecular weight excluding hydrogens is 394 g/mol. The molecule has 6 heteroatoms. The molecule has 0 unspecified atom stereocenters. The maximum absolute atomic E-state index is 13.7. The molecular formula is C16H18FIN4. The Morgan fingerprint density at radius 3 is 2.59 bits per heavy atom. The molecule has 3 N–H and O–H groups in total. The largest absolute Gasteiger partial charge is 0.370 e. The number of hydrogen-bond donors (Lipinski definition) is 2. The standard InChI is InChI=1S/C16H17FN4.HI/c17-14-6-2-1-5-13(14)11-9-12(10-11)20-16(18)21-15-7-3-4-8-19-15;/h1-8,11-12H,9-10H2,(H3,18,19,20,21);1H. The van der Waals surface area contributed by atoms with Gasteiger partial charge in [-0.3, -0.25) is 0 Å². The first kappa shape index (κ1) is 16.7. The van der Waals surface area contributed by atoms with E-state index in [1.54, 1.807) is 12.3 Å². The van der Waals surface area contributed by atoms with Crippen LogP contribution in [-0.2, 0) is 0 Å². The summed E-state index contributed by atoms with van der Waals surface area (Å²) < 4.78 is 13.7. The highest BCUT2D eigenvalue weighted by molar-refractivity contribution is 14.0. The first-order valence-corrected chi connectivity index (χ1v) is 6.98. The minimum Gasteiger partial charge on any atom is -0.370 e. The lowest BCUT2D eigenvalue weighted by Gasteiger charge is -2.33. The molecule has 0 spiro atoms. The van der Waals surface area contributed by atoms with Gasteiger partial charge in [-0.05, 0) is 42.5 Å². The van der Waals surface area contributed by atoms with Gasteiger partial charge < -0.3 is 11.1 Å². The Balaban J connectivity index is 0.00000176. The van der Waals surface area contributed by atoms with Gasteiger partial charge in [-0.1, -0.05) is 24.3 Å². The second kappa shape index (κ2) is 7.53. The average molecular weight is 412 g/mol. The Bertz CT molecular complexity index is 642. The number of nitrogens with one attached hydrogen (secondary N) is 1. The molecule has 1 aromatic heterocycles. The molecule has 1 aliphatic carbocycles.